The Balaban J connectivity index is 2.25. The van der Waals surface area contributed by atoms with Crippen molar-refractivity contribution in [3.63, 3.8) is 0 Å². The predicted molar refractivity (Wildman–Crippen MR) is 78.7 cm³/mol. The third kappa shape index (κ3) is 3.84. The topological polar surface area (TPSA) is 74.0 Å². The molecule has 1 aromatic heterocycles. The van der Waals surface area contributed by atoms with E-state index >= 15 is 0 Å². The molecular weight excluding hydrogens is 292 g/mol. The van der Waals surface area contributed by atoms with Crippen LogP contribution in [0.15, 0.2) is 47.1 Å². The summed E-state index contributed by atoms with van der Waals surface area (Å²) in [5.74, 6) is 0.714. The Labute approximate surface area is 124 Å². The first kappa shape index (κ1) is 15.6. The molecule has 0 amide bonds. The second-order valence-corrected chi connectivity index (χ2v) is 6.95. The fourth-order valence-electron chi connectivity index (χ4n) is 1.83. The van der Waals surface area contributed by atoms with Gasteiger partial charge in [-0.1, -0.05) is 12.1 Å². The summed E-state index contributed by atoms with van der Waals surface area (Å²) in [4.78, 5) is 0. The zero-order chi connectivity index (χ0) is 15.5. The van der Waals surface area contributed by atoms with Crippen LogP contribution in [0.25, 0.3) is 0 Å². The van der Waals surface area contributed by atoms with Crippen molar-refractivity contribution < 1.29 is 17.9 Å². The lowest BCUT2D eigenvalue weighted by Gasteiger charge is -2.24. The maximum atomic E-state index is 12.4. The number of hydrogen-bond donors (Lipinski definition) is 1. The van der Waals surface area contributed by atoms with E-state index in [2.05, 4.69) is 0 Å². The highest BCUT2D eigenvalue weighted by molar-refractivity contribution is 7.86. The largest absolute Gasteiger partial charge is 0.508 e. The molecule has 0 bridgehead atoms. The second-order valence-electron chi connectivity index (χ2n) is 4.80. The summed E-state index contributed by atoms with van der Waals surface area (Å²) in [7, 11) is -0.604. The Hall–Kier alpha value is -1.83. The first-order chi connectivity index (χ1) is 9.89. The van der Waals surface area contributed by atoms with Gasteiger partial charge in [-0.2, -0.15) is 17.0 Å². The Morgan fingerprint density at radius 2 is 1.76 bits per heavy atom. The van der Waals surface area contributed by atoms with Crippen molar-refractivity contribution in [1.82, 2.24) is 8.61 Å². The number of aromatic hydroxyl groups is 1. The molecule has 0 saturated carbocycles. The lowest BCUT2D eigenvalue weighted by atomic mass is 10.2. The average molecular weight is 310 g/mol. The van der Waals surface area contributed by atoms with Crippen LogP contribution in [-0.4, -0.2) is 36.2 Å². The SMILES string of the molecule is CN(C)S(=O)(=O)N(Cc1ccc(O)cc1)Cc1ccco1. The average Bonchev–Trinajstić information content (AvgIpc) is 2.93. The van der Waals surface area contributed by atoms with E-state index in [1.165, 1.54) is 36.8 Å². The number of phenolic OH excluding ortho intramolecular Hbond substituents is 1. The fraction of sp³-hybridized carbons (Fsp3) is 0.286. The Bertz CT molecular complexity index is 664. The molecule has 0 spiro atoms. The minimum absolute atomic E-state index is 0.145. The molecule has 7 heteroatoms. The van der Waals surface area contributed by atoms with Crippen LogP contribution >= 0.6 is 0 Å². The summed E-state index contributed by atoms with van der Waals surface area (Å²) < 4.78 is 32.5. The molecule has 1 aromatic carbocycles. The van der Waals surface area contributed by atoms with Gasteiger partial charge >= 0.3 is 0 Å². The molecule has 1 heterocycles. The standard InChI is InChI=1S/C14H18N2O4S/c1-15(2)21(18,19)16(11-14-4-3-9-20-14)10-12-5-7-13(17)8-6-12/h3-9,17H,10-11H2,1-2H3. The number of furan rings is 1. The third-order valence-corrected chi connectivity index (χ3v) is 4.83. The van der Waals surface area contributed by atoms with Gasteiger partial charge in [-0.3, -0.25) is 0 Å². The lowest BCUT2D eigenvalue weighted by Crippen LogP contribution is -2.39. The maximum Gasteiger partial charge on any atom is 0.282 e. The van der Waals surface area contributed by atoms with Crippen LogP contribution in [0.1, 0.15) is 11.3 Å². The van der Waals surface area contributed by atoms with Crippen LogP contribution in [-0.2, 0) is 23.3 Å². The molecule has 0 aliphatic carbocycles. The number of benzene rings is 1. The van der Waals surface area contributed by atoms with Gasteiger partial charge in [0.2, 0.25) is 0 Å². The highest BCUT2D eigenvalue weighted by Gasteiger charge is 2.25. The van der Waals surface area contributed by atoms with Crippen LogP contribution in [0.3, 0.4) is 0 Å². The van der Waals surface area contributed by atoms with E-state index in [4.69, 9.17) is 4.42 Å². The molecular formula is C14H18N2O4S. The van der Waals surface area contributed by atoms with Crippen LogP contribution in [0.5, 0.6) is 5.75 Å². The van der Waals surface area contributed by atoms with Crippen molar-refractivity contribution in [2.75, 3.05) is 14.1 Å². The summed E-state index contributed by atoms with van der Waals surface area (Å²) in [6.07, 6.45) is 1.51. The molecule has 0 radical (unpaired) electrons. The smallest absolute Gasteiger partial charge is 0.282 e. The van der Waals surface area contributed by atoms with Gasteiger partial charge in [-0.25, -0.2) is 0 Å². The van der Waals surface area contributed by atoms with Crippen molar-refractivity contribution in [3.8, 4) is 5.75 Å². The minimum Gasteiger partial charge on any atom is -0.508 e. The monoisotopic (exact) mass is 310 g/mol. The number of nitrogens with zero attached hydrogens (tertiary/aromatic N) is 2. The normalized spacial score (nSPS) is 12.2. The summed E-state index contributed by atoms with van der Waals surface area (Å²) >= 11 is 0. The zero-order valence-electron chi connectivity index (χ0n) is 11.9. The van der Waals surface area contributed by atoms with Crippen molar-refractivity contribution in [2.24, 2.45) is 0 Å². The molecule has 0 fully saturated rings. The van der Waals surface area contributed by atoms with Gasteiger partial charge in [0.05, 0.1) is 12.8 Å². The molecule has 1 N–H and O–H groups in total. The molecule has 0 aliphatic heterocycles. The number of phenols is 1. The highest BCUT2D eigenvalue weighted by Crippen LogP contribution is 2.18. The summed E-state index contributed by atoms with van der Waals surface area (Å²) in [5.41, 5.74) is 0.782. The van der Waals surface area contributed by atoms with Crippen molar-refractivity contribution in [2.45, 2.75) is 13.1 Å². The first-order valence-corrected chi connectivity index (χ1v) is 7.77. The van der Waals surface area contributed by atoms with E-state index in [0.717, 1.165) is 9.87 Å². The lowest BCUT2D eigenvalue weighted by molar-refractivity contribution is 0.335. The molecule has 0 saturated heterocycles. The molecule has 0 atom stereocenters. The molecule has 6 nitrogen and oxygen atoms in total. The summed E-state index contributed by atoms with van der Waals surface area (Å²) in [6.45, 7) is 0.343. The number of hydrogen-bond acceptors (Lipinski definition) is 4. The predicted octanol–water partition coefficient (Wildman–Crippen LogP) is 1.79. The van der Waals surface area contributed by atoms with E-state index in [1.54, 1.807) is 24.3 Å². The second kappa shape index (κ2) is 6.30. The van der Waals surface area contributed by atoms with Crippen LogP contribution in [0.2, 0.25) is 0 Å². The van der Waals surface area contributed by atoms with Gasteiger partial charge < -0.3 is 9.52 Å². The van der Waals surface area contributed by atoms with E-state index < -0.39 is 10.2 Å². The number of rotatable bonds is 6. The molecule has 2 rings (SSSR count). The molecule has 0 aliphatic rings. The van der Waals surface area contributed by atoms with Crippen molar-refractivity contribution in [3.05, 3.63) is 54.0 Å². The van der Waals surface area contributed by atoms with Gasteiger partial charge in [0.25, 0.3) is 10.2 Å². The summed E-state index contributed by atoms with van der Waals surface area (Å²) in [6, 6.07) is 9.89. The third-order valence-electron chi connectivity index (χ3n) is 3.00. The van der Waals surface area contributed by atoms with Gasteiger partial charge in [0.15, 0.2) is 0 Å². The molecule has 2 aromatic rings. The van der Waals surface area contributed by atoms with Gasteiger partial charge in [-0.15, -0.1) is 0 Å². The van der Waals surface area contributed by atoms with Crippen molar-refractivity contribution in [1.29, 1.82) is 0 Å². The summed E-state index contributed by atoms with van der Waals surface area (Å²) in [5, 5.41) is 9.29. The van der Waals surface area contributed by atoms with Crippen LogP contribution < -0.4 is 0 Å². The van der Waals surface area contributed by atoms with Gasteiger partial charge in [0.1, 0.15) is 11.5 Å². The van der Waals surface area contributed by atoms with E-state index in [-0.39, 0.29) is 18.8 Å². The van der Waals surface area contributed by atoms with Gasteiger partial charge in [-0.05, 0) is 29.8 Å². The Morgan fingerprint density at radius 3 is 2.29 bits per heavy atom. The highest BCUT2D eigenvalue weighted by atomic mass is 32.2. The minimum atomic E-state index is -3.58. The molecule has 114 valence electrons. The Kier molecular flexibility index (Phi) is 4.66. The molecule has 0 unspecified atom stereocenters. The quantitative estimate of drug-likeness (QED) is 0.883. The zero-order valence-corrected chi connectivity index (χ0v) is 12.7. The Morgan fingerprint density at radius 1 is 1.10 bits per heavy atom. The fourth-order valence-corrected chi connectivity index (χ4v) is 2.90. The van der Waals surface area contributed by atoms with Gasteiger partial charge in [0, 0.05) is 20.6 Å². The maximum absolute atomic E-state index is 12.4. The van der Waals surface area contributed by atoms with Crippen LogP contribution in [0.4, 0.5) is 0 Å². The van der Waals surface area contributed by atoms with E-state index in [9.17, 15) is 13.5 Å². The van der Waals surface area contributed by atoms with Crippen molar-refractivity contribution >= 4 is 10.2 Å². The van der Waals surface area contributed by atoms with Crippen LogP contribution in [0, 0.1) is 0 Å². The van der Waals surface area contributed by atoms with E-state index in [1.807, 2.05) is 0 Å². The first-order valence-electron chi connectivity index (χ1n) is 6.37. The molecule has 21 heavy (non-hydrogen) atoms. The van der Waals surface area contributed by atoms with E-state index in [0.29, 0.717) is 5.76 Å².